The molecule has 0 aromatic carbocycles. The van der Waals surface area contributed by atoms with E-state index in [1.807, 2.05) is 27.3 Å². The summed E-state index contributed by atoms with van der Waals surface area (Å²) < 4.78 is 3.91. The minimum Gasteiger partial charge on any atom is -0.325 e. The molecule has 0 spiro atoms. The van der Waals surface area contributed by atoms with Crippen LogP contribution < -0.4 is 0 Å². The molecule has 1 atom stereocenters. The fraction of sp³-hybridized carbons (Fsp3) is 0.727. The minimum atomic E-state index is -0.0231. The Morgan fingerprint density at radius 2 is 1.90 bits per heavy atom. The molecule has 0 unspecified atom stereocenters. The van der Waals surface area contributed by atoms with Crippen molar-refractivity contribution in [2.75, 3.05) is 6.54 Å². The highest BCUT2D eigenvalue weighted by Gasteiger charge is 2.38. The molecule has 1 aliphatic carbocycles. The van der Waals surface area contributed by atoms with Crippen molar-refractivity contribution in [1.29, 1.82) is 0 Å². The Bertz CT molecular complexity index is 876. The molecule has 7 nitrogen and oxygen atoms in total. The highest BCUT2D eigenvalue weighted by molar-refractivity contribution is 5.93. The zero-order chi connectivity index (χ0) is 20.7. The SMILES string of the molecule is CCn1nc(CC(C)C)cc1C(=O)N1CCn2nc(C3CC3)nc2[C@@H]1CC(C)C. The number of carbonyl (C=O) groups is 1. The van der Waals surface area contributed by atoms with E-state index in [2.05, 4.69) is 32.8 Å². The van der Waals surface area contributed by atoms with Crippen LogP contribution in [0.4, 0.5) is 0 Å². The van der Waals surface area contributed by atoms with Crippen LogP contribution in [-0.2, 0) is 19.5 Å². The molecule has 0 N–H and O–H groups in total. The third kappa shape index (κ3) is 4.09. The van der Waals surface area contributed by atoms with E-state index in [0.717, 1.165) is 30.2 Å². The Morgan fingerprint density at radius 3 is 2.52 bits per heavy atom. The van der Waals surface area contributed by atoms with E-state index < -0.39 is 0 Å². The first-order valence-electron chi connectivity index (χ1n) is 11.2. The zero-order valence-electron chi connectivity index (χ0n) is 18.4. The second-order valence-corrected chi connectivity index (χ2v) is 9.40. The molecule has 0 radical (unpaired) electrons. The monoisotopic (exact) mass is 398 g/mol. The van der Waals surface area contributed by atoms with Crippen LogP contribution in [0.15, 0.2) is 6.07 Å². The lowest BCUT2D eigenvalue weighted by Crippen LogP contribution is -2.43. The first kappa shape index (κ1) is 20.1. The van der Waals surface area contributed by atoms with Crippen molar-refractivity contribution < 1.29 is 4.79 Å². The standard InChI is InChI=1S/C22H34N6O/c1-6-27-19(13-17(24-27)11-14(2)3)22(29)26-9-10-28-21(18(26)12-15(4)5)23-20(25-28)16-7-8-16/h13-16,18H,6-12H2,1-5H3/t18-/m0/s1. The van der Waals surface area contributed by atoms with Crippen LogP contribution in [-0.4, -0.2) is 41.9 Å². The van der Waals surface area contributed by atoms with Gasteiger partial charge in [-0.25, -0.2) is 9.67 Å². The number of aryl methyl sites for hydroxylation is 1. The molecule has 4 rings (SSSR count). The molecule has 2 aromatic rings. The number of fused-ring (bicyclic) bond motifs is 1. The number of hydrogen-bond acceptors (Lipinski definition) is 4. The summed E-state index contributed by atoms with van der Waals surface area (Å²) in [6, 6.07) is 1.97. The number of carbonyl (C=O) groups excluding carboxylic acids is 1. The van der Waals surface area contributed by atoms with Gasteiger partial charge in [-0.05, 0) is 50.5 Å². The van der Waals surface area contributed by atoms with Gasteiger partial charge in [-0.2, -0.15) is 10.2 Å². The van der Waals surface area contributed by atoms with Crippen LogP contribution in [0.1, 0.15) is 93.7 Å². The highest BCUT2D eigenvalue weighted by atomic mass is 16.2. The van der Waals surface area contributed by atoms with E-state index in [-0.39, 0.29) is 11.9 Å². The summed E-state index contributed by atoms with van der Waals surface area (Å²) in [5.41, 5.74) is 1.70. The molecule has 1 aliphatic heterocycles. The summed E-state index contributed by atoms with van der Waals surface area (Å²) in [5.74, 6) is 3.52. The van der Waals surface area contributed by atoms with Crippen LogP contribution in [0.2, 0.25) is 0 Å². The Kier molecular flexibility index (Phi) is 5.49. The summed E-state index contributed by atoms with van der Waals surface area (Å²) in [6.45, 7) is 12.9. The van der Waals surface area contributed by atoms with Crippen LogP contribution in [0, 0.1) is 11.8 Å². The molecule has 7 heteroatoms. The van der Waals surface area contributed by atoms with Crippen LogP contribution in [0.5, 0.6) is 0 Å². The summed E-state index contributed by atoms with van der Waals surface area (Å²) in [7, 11) is 0. The van der Waals surface area contributed by atoms with Crippen LogP contribution in [0.25, 0.3) is 0 Å². The summed E-state index contributed by atoms with van der Waals surface area (Å²) in [5, 5.41) is 9.44. The van der Waals surface area contributed by atoms with Gasteiger partial charge in [0.15, 0.2) is 5.82 Å². The topological polar surface area (TPSA) is 68.8 Å². The molecule has 2 aromatic heterocycles. The van der Waals surface area contributed by atoms with Crippen molar-refractivity contribution in [3.05, 3.63) is 29.1 Å². The van der Waals surface area contributed by atoms with E-state index in [1.54, 1.807) is 0 Å². The van der Waals surface area contributed by atoms with Gasteiger partial charge in [-0.1, -0.05) is 27.7 Å². The highest BCUT2D eigenvalue weighted by Crippen LogP contribution is 2.40. The van der Waals surface area contributed by atoms with Gasteiger partial charge in [0.25, 0.3) is 5.91 Å². The van der Waals surface area contributed by atoms with Gasteiger partial charge < -0.3 is 4.90 Å². The normalized spacial score (nSPS) is 19.3. The van der Waals surface area contributed by atoms with Gasteiger partial charge in [0.1, 0.15) is 11.5 Å². The molecule has 1 amide bonds. The fourth-order valence-electron chi connectivity index (χ4n) is 4.27. The van der Waals surface area contributed by atoms with E-state index in [4.69, 9.17) is 10.1 Å². The van der Waals surface area contributed by atoms with Gasteiger partial charge in [0, 0.05) is 19.0 Å². The predicted molar refractivity (Wildman–Crippen MR) is 112 cm³/mol. The quantitative estimate of drug-likeness (QED) is 0.711. The summed E-state index contributed by atoms with van der Waals surface area (Å²) in [6.07, 6.45) is 4.17. The Labute approximate surface area is 173 Å². The Balaban J connectivity index is 1.65. The Hall–Kier alpha value is -2.18. The van der Waals surface area contributed by atoms with Gasteiger partial charge in [-0.15, -0.1) is 0 Å². The molecule has 1 saturated carbocycles. The zero-order valence-corrected chi connectivity index (χ0v) is 18.4. The van der Waals surface area contributed by atoms with E-state index in [1.165, 1.54) is 12.8 Å². The molecule has 2 aliphatic rings. The van der Waals surface area contributed by atoms with Crippen molar-refractivity contribution in [2.24, 2.45) is 11.8 Å². The average Bonchev–Trinajstić information content (AvgIpc) is 3.29. The summed E-state index contributed by atoms with van der Waals surface area (Å²) in [4.78, 5) is 20.6. The number of nitrogens with zero attached hydrogens (tertiary/aromatic N) is 6. The molecular formula is C22H34N6O. The molecule has 1 fully saturated rings. The fourth-order valence-corrected chi connectivity index (χ4v) is 4.27. The van der Waals surface area contributed by atoms with Crippen molar-refractivity contribution in [1.82, 2.24) is 29.4 Å². The maximum Gasteiger partial charge on any atom is 0.272 e. The average molecular weight is 399 g/mol. The van der Waals surface area contributed by atoms with Crippen molar-refractivity contribution >= 4 is 5.91 Å². The molecule has 0 bridgehead atoms. The van der Waals surface area contributed by atoms with Crippen molar-refractivity contribution in [3.8, 4) is 0 Å². The Morgan fingerprint density at radius 1 is 1.14 bits per heavy atom. The van der Waals surface area contributed by atoms with Gasteiger partial charge in [0.05, 0.1) is 18.3 Å². The van der Waals surface area contributed by atoms with Gasteiger partial charge in [0.2, 0.25) is 0 Å². The van der Waals surface area contributed by atoms with E-state index in [0.29, 0.717) is 43.1 Å². The lowest BCUT2D eigenvalue weighted by atomic mass is 9.99. The largest absolute Gasteiger partial charge is 0.325 e. The minimum absolute atomic E-state index is 0.0231. The lowest BCUT2D eigenvalue weighted by molar-refractivity contribution is 0.0566. The van der Waals surface area contributed by atoms with Crippen LogP contribution >= 0.6 is 0 Å². The predicted octanol–water partition coefficient (Wildman–Crippen LogP) is 3.81. The molecule has 0 saturated heterocycles. The smallest absolute Gasteiger partial charge is 0.272 e. The number of aromatic nitrogens is 5. The van der Waals surface area contributed by atoms with E-state index >= 15 is 0 Å². The molecule has 158 valence electrons. The maximum absolute atomic E-state index is 13.6. The first-order valence-corrected chi connectivity index (χ1v) is 11.2. The van der Waals surface area contributed by atoms with Crippen LogP contribution in [0.3, 0.4) is 0 Å². The third-order valence-corrected chi connectivity index (χ3v) is 5.81. The van der Waals surface area contributed by atoms with Gasteiger partial charge >= 0.3 is 0 Å². The lowest BCUT2D eigenvalue weighted by Gasteiger charge is -2.36. The second-order valence-electron chi connectivity index (χ2n) is 9.40. The third-order valence-electron chi connectivity index (χ3n) is 5.81. The summed E-state index contributed by atoms with van der Waals surface area (Å²) >= 11 is 0. The van der Waals surface area contributed by atoms with E-state index in [9.17, 15) is 4.79 Å². The number of hydrogen-bond donors (Lipinski definition) is 0. The molecule has 3 heterocycles. The number of rotatable bonds is 7. The van der Waals surface area contributed by atoms with Gasteiger partial charge in [-0.3, -0.25) is 9.48 Å². The molecular weight excluding hydrogens is 364 g/mol. The maximum atomic E-state index is 13.6. The first-order chi connectivity index (χ1) is 13.9. The molecule has 29 heavy (non-hydrogen) atoms. The van der Waals surface area contributed by atoms with Crippen molar-refractivity contribution in [2.45, 2.75) is 85.4 Å². The number of amides is 1. The van der Waals surface area contributed by atoms with Crippen molar-refractivity contribution in [3.63, 3.8) is 0 Å². The second kappa shape index (κ2) is 7.92.